The Labute approximate surface area is 112 Å². The first kappa shape index (κ1) is 13.5. The monoisotopic (exact) mass is 259 g/mol. The lowest BCUT2D eigenvalue weighted by Gasteiger charge is -2.15. The smallest absolute Gasteiger partial charge is 0.238 e. The molecule has 1 amide bonds. The maximum absolute atomic E-state index is 11.9. The summed E-state index contributed by atoms with van der Waals surface area (Å²) in [5, 5.41) is 20.6. The Hall–Kier alpha value is -1.90. The first-order valence-electron chi connectivity index (χ1n) is 6.34. The zero-order valence-electron chi connectivity index (χ0n) is 10.7. The van der Waals surface area contributed by atoms with Crippen LogP contribution >= 0.6 is 0 Å². The van der Waals surface area contributed by atoms with Gasteiger partial charge < -0.3 is 10.4 Å². The fourth-order valence-corrected chi connectivity index (χ4v) is 2.28. The van der Waals surface area contributed by atoms with Gasteiger partial charge in [-0.3, -0.25) is 9.69 Å². The van der Waals surface area contributed by atoms with Gasteiger partial charge >= 0.3 is 0 Å². The van der Waals surface area contributed by atoms with E-state index in [9.17, 15) is 4.79 Å². The third-order valence-corrected chi connectivity index (χ3v) is 3.27. The summed E-state index contributed by atoms with van der Waals surface area (Å²) in [7, 11) is 0. The molecule has 0 radical (unpaired) electrons. The summed E-state index contributed by atoms with van der Waals surface area (Å²) >= 11 is 0. The van der Waals surface area contributed by atoms with Crippen molar-refractivity contribution in [1.29, 1.82) is 5.26 Å². The van der Waals surface area contributed by atoms with Crippen LogP contribution in [-0.2, 0) is 4.79 Å². The van der Waals surface area contributed by atoms with Gasteiger partial charge in [0, 0.05) is 18.8 Å². The average Bonchev–Trinajstić information content (AvgIpc) is 2.86. The molecule has 5 heteroatoms. The molecule has 1 aromatic rings. The van der Waals surface area contributed by atoms with E-state index in [0.29, 0.717) is 17.8 Å². The number of rotatable bonds is 4. The van der Waals surface area contributed by atoms with Gasteiger partial charge in [0.1, 0.15) is 0 Å². The van der Waals surface area contributed by atoms with Crippen molar-refractivity contribution in [3.63, 3.8) is 0 Å². The largest absolute Gasteiger partial charge is 0.396 e. The van der Waals surface area contributed by atoms with Gasteiger partial charge in [0.2, 0.25) is 5.91 Å². The predicted molar refractivity (Wildman–Crippen MR) is 71.4 cm³/mol. The number of carbonyl (C=O) groups is 1. The molecule has 1 aliphatic rings. The van der Waals surface area contributed by atoms with E-state index in [1.807, 2.05) is 11.0 Å². The summed E-state index contributed by atoms with van der Waals surface area (Å²) in [6, 6.07) is 8.89. The second kappa shape index (κ2) is 6.32. The van der Waals surface area contributed by atoms with E-state index >= 15 is 0 Å². The third kappa shape index (κ3) is 3.78. The number of hydrogen-bond donors (Lipinski definition) is 2. The molecule has 1 fully saturated rings. The summed E-state index contributed by atoms with van der Waals surface area (Å²) in [6.07, 6.45) is 0.938. The lowest BCUT2D eigenvalue weighted by molar-refractivity contribution is -0.117. The summed E-state index contributed by atoms with van der Waals surface area (Å²) in [5.41, 5.74) is 1.17. The van der Waals surface area contributed by atoms with E-state index < -0.39 is 0 Å². The van der Waals surface area contributed by atoms with Crippen molar-refractivity contribution < 1.29 is 9.90 Å². The molecule has 1 atom stereocenters. The Balaban J connectivity index is 1.86. The molecule has 2 rings (SSSR count). The second-order valence-corrected chi connectivity index (χ2v) is 4.81. The highest BCUT2D eigenvalue weighted by molar-refractivity contribution is 5.92. The summed E-state index contributed by atoms with van der Waals surface area (Å²) < 4.78 is 0. The van der Waals surface area contributed by atoms with Crippen LogP contribution in [0.15, 0.2) is 24.3 Å². The first-order chi connectivity index (χ1) is 9.21. The van der Waals surface area contributed by atoms with Crippen molar-refractivity contribution in [2.24, 2.45) is 5.92 Å². The van der Waals surface area contributed by atoms with E-state index in [1.54, 1.807) is 24.3 Å². The Morgan fingerprint density at radius 3 is 3.11 bits per heavy atom. The molecule has 2 N–H and O–H groups in total. The zero-order valence-corrected chi connectivity index (χ0v) is 10.7. The van der Waals surface area contributed by atoms with Crippen molar-refractivity contribution in [3.8, 4) is 6.07 Å². The molecule has 100 valence electrons. The van der Waals surface area contributed by atoms with Gasteiger partial charge in [-0.15, -0.1) is 0 Å². The molecule has 0 aromatic heterocycles. The van der Waals surface area contributed by atoms with Crippen molar-refractivity contribution in [1.82, 2.24) is 4.90 Å². The van der Waals surface area contributed by atoms with Crippen LogP contribution in [0.4, 0.5) is 5.69 Å². The number of nitriles is 1. The number of nitrogens with one attached hydrogen (secondary N) is 1. The van der Waals surface area contributed by atoms with Crippen LogP contribution in [0.5, 0.6) is 0 Å². The van der Waals surface area contributed by atoms with Crippen LogP contribution < -0.4 is 5.32 Å². The standard InChI is InChI=1S/C14H17N3O2/c15-7-11-2-1-3-13(6-11)16-14(19)9-17-5-4-12(8-17)10-18/h1-3,6,12,18H,4-5,8-10H2,(H,16,19). The van der Waals surface area contributed by atoms with Gasteiger partial charge in [-0.05, 0) is 37.1 Å². The predicted octanol–water partition coefficient (Wildman–Crippen LogP) is 0.811. The van der Waals surface area contributed by atoms with Gasteiger partial charge in [0.05, 0.1) is 18.2 Å². The first-order valence-corrected chi connectivity index (χ1v) is 6.34. The lowest BCUT2D eigenvalue weighted by Crippen LogP contribution is -2.31. The topological polar surface area (TPSA) is 76.4 Å². The van der Waals surface area contributed by atoms with Crippen molar-refractivity contribution in [3.05, 3.63) is 29.8 Å². The van der Waals surface area contributed by atoms with E-state index in [2.05, 4.69) is 5.32 Å². The van der Waals surface area contributed by atoms with Crippen LogP contribution in [0.1, 0.15) is 12.0 Å². The lowest BCUT2D eigenvalue weighted by atomic mass is 10.1. The number of carbonyl (C=O) groups excluding carboxylic acids is 1. The highest BCUT2D eigenvalue weighted by Gasteiger charge is 2.23. The molecule has 1 heterocycles. The minimum Gasteiger partial charge on any atom is -0.396 e. The van der Waals surface area contributed by atoms with Crippen LogP contribution in [0.3, 0.4) is 0 Å². The number of likely N-dealkylation sites (tertiary alicyclic amines) is 1. The van der Waals surface area contributed by atoms with Crippen molar-refractivity contribution >= 4 is 11.6 Å². The highest BCUT2D eigenvalue weighted by Crippen LogP contribution is 2.15. The van der Waals surface area contributed by atoms with E-state index in [-0.39, 0.29) is 18.4 Å². The van der Waals surface area contributed by atoms with Gasteiger partial charge in [-0.25, -0.2) is 0 Å². The quantitative estimate of drug-likeness (QED) is 0.839. The molecule has 0 saturated carbocycles. The molecule has 19 heavy (non-hydrogen) atoms. The Bertz CT molecular complexity index is 496. The molecule has 1 unspecified atom stereocenters. The second-order valence-electron chi connectivity index (χ2n) is 4.81. The Kier molecular flexibility index (Phi) is 4.50. The highest BCUT2D eigenvalue weighted by atomic mass is 16.3. The fraction of sp³-hybridized carbons (Fsp3) is 0.429. The van der Waals surface area contributed by atoms with Gasteiger partial charge in [0.25, 0.3) is 0 Å². The molecule has 1 aromatic carbocycles. The van der Waals surface area contributed by atoms with Crippen molar-refractivity contribution in [2.75, 3.05) is 31.6 Å². The van der Waals surface area contributed by atoms with E-state index in [0.717, 1.165) is 19.5 Å². The average molecular weight is 259 g/mol. The zero-order chi connectivity index (χ0) is 13.7. The van der Waals surface area contributed by atoms with Crippen LogP contribution in [0.2, 0.25) is 0 Å². The minimum absolute atomic E-state index is 0.0892. The minimum atomic E-state index is -0.0892. The van der Waals surface area contributed by atoms with Crippen molar-refractivity contribution in [2.45, 2.75) is 6.42 Å². The molecule has 1 aliphatic heterocycles. The number of aliphatic hydroxyl groups is 1. The molecule has 0 spiro atoms. The Morgan fingerprint density at radius 1 is 1.58 bits per heavy atom. The molecular weight excluding hydrogens is 242 g/mol. The number of nitrogens with zero attached hydrogens (tertiary/aromatic N) is 2. The summed E-state index contributed by atoms with van der Waals surface area (Å²) in [5.74, 6) is 0.198. The molecule has 1 saturated heterocycles. The number of aliphatic hydroxyl groups excluding tert-OH is 1. The number of amides is 1. The molecule has 0 bridgehead atoms. The fourth-order valence-electron chi connectivity index (χ4n) is 2.28. The number of anilines is 1. The number of benzene rings is 1. The maximum atomic E-state index is 11.9. The SMILES string of the molecule is N#Cc1cccc(NC(=O)CN2CCC(CO)C2)c1. The normalized spacial score (nSPS) is 19.1. The molecule has 5 nitrogen and oxygen atoms in total. The van der Waals surface area contributed by atoms with E-state index in [1.165, 1.54) is 0 Å². The van der Waals surface area contributed by atoms with Gasteiger partial charge in [0.15, 0.2) is 0 Å². The number of hydrogen-bond acceptors (Lipinski definition) is 4. The maximum Gasteiger partial charge on any atom is 0.238 e. The van der Waals surface area contributed by atoms with Gasteiger partial charge in [-0.2, -0.15) is 5.26 Å². The summed E-state index contributed by atoms with van der Waals surface area (Å²) in [6.45, 7) is 2.12. The summed E-state index contributed by atoms with van der Waals surface area (Å²) in [4.78, 5) is 13.9. The third-order valence-electron chi connectivity index (χ3n) is 3.27. The van der Waals surface area contributed by atoms with Crippen LogP contribution in [0, 0.1) is 17.2 Å². The van der Waals surface area contributed by atoms with Crippen LogP contribution in [0.25, 0.3) is 0 Å². The van der Waals surface area contributed by atoms with E-state index in [4.69, 9.17) is 10.4 Å². The molecule has 0 aliphatic carbocycles. The Morgan fingerprint density at radius 2 is 2.42 bits per heavy atom. The van der Waals surface area contributed by atoms with Gasteiger partial charge in [-0.1, -0.05) is 6.07 Å². The molecular formula is C14H17N3O2. The van der Waals surface area contributed by atoms with Crippen LogP contribution in [-0.4, -0.2) is 42.2 Å².